The molecule has 1 rings (SSSR count). The van der Waals surface area contributed by atoms with Crippen molar-refractivity contribution in [1.82, 2.24) is 20.5 Å². The van der Waals surface area contributed by atoms with E-state index >= 15 is 0 Å². The maximum Gasteiger partial charge on any atom is 0.233 e. The van der Waals surface area contributed by atoms with Crippen LogP contribution in [0.4, 0.5) is 5.95 Å². The number of aromatic nitrogens is 3. The lowest BCUT2D eigenvalue weighted by molar-refractivity contribution is -0.120. The number of rotatable bonds is 5. The number of nitrogen functional groups attached to an aromatic ring is 1. The van der Waals surface area contributed by atoms with E-state index in [9.17, 15) is 4.79 Å². The zero-order valence-corrected chi connectivity index (χ0v) is 10.5. The number of H-pyrrole nitrogens is 1. The fourth-order valence-corrected chi connectivity index (χ4v) is 1.73. The van der Waals surface area contributed by atoms with Gasteiger partial charge in [-0.1, -0.05) is 25.6 Å². The topological polar surface area (TPSA) is 96.7 Å². The van der Waals surface area contributed by atoms with Crippen LogP contribution >= 0.6 is 11.8 Å². The van der Waals surface area contributed by atoms with Gasteiger partial charge in [0.25, 0.3) is 0 Å². The summed E-state index contributed by atoms with van der Waals surface area (Å²) >= 11 is 1.28. The van der Waals surface area contributed by atoms with Crippen molar-refractivity contribution in [2.45, 2.75) is 31.2 Å². The van der Waals surface area contributed by atoms with Crippen LogP contribution in [0.15, 0.2) is 5.16 Å². The van der Waals surface area contributed by atoms with Gasteiger partial charge < -0.3 is 11.1 Å². The number of nitrogens with two attached hydrogens (primary N) is 1. The Morgan fingerprint density at radius 1 is 1.56 bits per heavy atom. The number of hydrogen-bond acceptors (Lipinski definition) is 5. The zero-order valence-electron chi connectivity index (χ0n) is 9.65. The Bertz CT molecular complexity index is 351. The van der Waals surface area contributed by atoms with E-state index < -0.39 is 0 Å². The van der Waals surface area contributed by atoms with Crippen LogP contribution in [-0.4, -0.2) is 32.9 Å². The van der Waals surface area contributed by atoms with Crippen LogP contribution in [0.2, 0.25) is 0 Å². The van der Waals surface area contributed by atoms with E-state index in [4.69, 9.17) is 5.73 Å². The molecule has 4 N–H and O–H groups in total. The van der Waals surface area contributed by atoms with Gasteiger partial charge in [0.1, 0.15) is 0 Å². The molecule has 0 saturated carbocycles. The lowest BCUT2D eigenvalue weighted by Gasteiger charge is -2.11. The number of carbonyl (C=O) groups excluding carboxylic acids is 1. The van der Waals surface area contributed by atoms with E-state index in [0.717, 1.165) is 0 Å². The van der Waals surface area contributed by atoms with Crippen LogP contribution < -0.4 is 11.1 Å². The normalized spacial score (nSPS) is 12.8. The largest absolute Gasteiger partial charge is 0.368 e. The summed E-state index contributed by atoms with van der Waals surface area (Å²) < 4.78 is 0. The monoisotopic (exact) mass is 243 g/mol. The van der Waals surface area contributed by atoms with E-state index in [0.29, 0.717) is 17.6 Å². The minimum Gasteiger partial charge on any atom is -0.368 e. The molecule has 6 nitrogen and oxygen atoms in total. The molecule has 0 radical (unpaired) electrons. The summed E-state index contributed by atoms with van der Waals surface area (Å²) in [5.41, 5.74) is 5.39. The Morgan fingerprint density at radius 3 is 2.75 bits per heavy atom. The molecule has 0 aliphatic carbocycles. The summed E-state index contributed by atoms with van der Waals surface area (Å²) in [5.74, 6) is 0.694. The average molecular weight is 243 g/mol. The van der Waals surface area contributed by atoms with Crippen LogP contribution in [-0.2, 0) is 4.79 Å². The molecule has 0 saturated heterocycles. The maximum absolute atomic E-state index is 11.6. The van der Waals surface area contributed by atoms with Gasteiger partial charge in [-0.25, -0.2) is 5.10 Å². The smallest absolute Gasteiger partial charge is 0.233 e. The first-order valence-electron chi connectivity index (χ1n) is 5.11. The van der Waals surface area contributed by atoms with Crippen molar-refractivity contribution in [3.05, 3.63) is 0 Å². The summed E-state index contributed by atoms with van der Waals surface area (Å²) in [7, 11) is 0. The molecule has 0 spiro atoms. The van der Waals surface area contributed by atoms with Gasteiger partial charge in [0.15, 0.2) is 0 Å². The predicted molar refractivity (Wildman–Crippen MR) is 64.0 cm³/mol. The van der Waals surface area contributed by atoms with Gasteiger partial charge >= 0.3 is 0 Å². The molecule has 0 aliphatic heterocycles. The Hall–Kier alpha value is -1.24. The van der Waals surface area contributed by atoms with Gasteiger partial charge in [-0.3, -0.25) is 4.79 Å². The average Bonchev–Trinajstić information content (AvgIpc) is 2.60. The third-order valence-electron chi connectivity index (χ3n) is 1.82. The lowest BCUT2D eigenvalue weighted by Crippen LogP contribution is -2.33. The Balaban J connectivity index is 2.39. The van der Waals surface area contributed by atoms with Crippen molar-refractivity contribution >= 4 is 23.6 Å². The molecule has 1 aromatic rings. The Morgan fingerprint density at radius 2 is 2.25 bits per heavy atom. The number of aromatic amines is 1. The molecular weight excluding hydrogens is 226 g/mol. The number of carbonyl (C=O) groups is 1. The molecular formula is C9H17N5OS. The molecule has 1 atom stereocenters. The van der Waals surface area contributed by atoms with Gasteiger partial charge in [-0.2, -0.15) is 4.98 Å². The van der Waals surface area contributed by atoms with E-state index in [1.54, 1.807) is 0 Å². The van der Waals surface area contributed by atoms with Crippen LogP contribution in [0, 0.1) is 5.92 Å². The Labute approximate surface area is 98.8 Å². The second kappa shape index (κ2) is 5.74. The molecule has 16 heavy (non-hydrogen) atoms. The first-order valence-corrected chi connectivity index (χ1v) is 5.99. The lowest BCUT2D eigenvalue weighted by atomic mass is 10.2. The van der Waals surface area contributed by atoms with E-state index in [2.05, 4.69) is 20.5 Å². The van der Waals surface area contributed by atoms with E-state index in [1.165, 1.54) is 11.8 Å². The highest BCUT2D eigenvalue weighted by atomic mass is 32.2. The minimum atomic E-state index is -0.228. The molecule has 1 aromatic heterocycles. The van der Waals surface area contributed by atoms with Gasteiger partial charge in [-0.05, 0) is 12.8 Å². The fraction of sp³-hybridized carbons (Fsp3) is 0.667. The first-order chi connectivity index (χ1) is 7.49. The fourth-order valence-electron chi connectivity index (χ4n) is 0.971. The molecule has 7 heteroatoms. The minimum absolute atomic E-state index is 0.0120. The van der Waals surface area contributed by atoms with Crippen LogP contribution in [0.5, 0.6) is 0 Å². The highest BCUT2D eigenvalue weighted by Gasteiger charge is 2.16. The van der Waals surface area contributed by atoms with Crippen molar-refractivity contribution in [1.29, 1.82) is 0 Å². The quantitative estimate of drug-likeness (QED) is 0.659. The number of nitrogens with zero attached hydrogens (tertiary/aromatic N) is 2. The van der Waals surface area contributed by atoms with Crippen molar-refractivity contribution in [2.75, 3.05) is 12.3 Å². The van der Waals surface area contributed by atoms with Crippen molar-refractivity contribution < 1.29 is 4.79 Å². The van der Waals surface area contributed by atoms with Crippen molar-refractivity contribution in [2.24, 2.45) is 5.92 Å². The van der Waals surface area contributed by atoms with Crippen molar-refractivity contribution in [3.63, 3.8) is 0 Å². The number of anilines is 1. The molecule has 0 aliphatic rings. The standard InChI is InChI=1S/C9H17N5OS/c1-5(2)4-11-7(15)6(3)16-9-12-8(10)13-14-9/h5-6H,4H2,1-3H3,(H,11,15)(H3,10,12,13,14). The molecule has 1 amide bonds. The molecule has 1 unspecified atom stereocenters. The highest BCUT2D eigenvalue weighted by Crippen LogP contribution is 2.19. The number of amides is 1. The predicted octanol–water partition coefficient (Wildman–Crippen LogP) is 0.640. The SMILES string of the molecule is CC(C)CNC(=O)C(C)Sc1n[nH]c(N)n1. The van der Waals surface area contributed by atoms with Crippen LogP contribution in [0.1, 0.15) is 20.8 Å². The van der Waals surface area contributed by atoms with Crippen LogP contribution in [0.25, 0.3) is 0 Å². The zero-order chi connectivity index (χ0) is 12.1. The summed E-state index contributed by atoms with van der Waals surface area (Å²) in [6.07, 6.45) is 0. The summed E-state index contributed by atoms with van der Waals surface area (Å²) in [6.45, 7) is 6.59. The van der Waals surface area contributed by atoms with Gasteiger partial charge in [0.2, 0.25) is 17.0 Å². The first kappa shape index (κ1) is 12.8. The number of nitrogens with one attached hydrogen (secondary N) is 2. The van der Waals surface area contributed by atoms with Crippen LogP contribution in [0.3, 0.4) is 0 Å². The third-order valence-corrected chi connectivity index (χ3v) is 2.78. The second-order valence-corrected chi connectivity index (χ2v) is 5.21. The van der Waals surface area contributed by atoms with Gasteiger partial charge in [0.05, 0.1) is 5.25 Å². The molecule has 0 aromatic carbocycles. The number of hydrogen-bond donors (Lipinski definition) is 3. The van der Waals surface area contributed by atoms with Crippen molar-refractivity contribution in [3.8, 4) is 0 Å². The van der Waals surface area contributed by atoms with Gasteiger partial charge in [-0.15, -0.1) is 5.10 Å². The molecule has 90 valence electrons. The summed E-state index contributed by atoms with van der Waals surface area (Å²) in [4.78, 5) is 15.6. The molecule has 0 bridgehead atoms. The molecule has 1 heterocycles. The maximum atomic E-state index is 11.6. The third kappa shape index (κ3) is 4.09. The number of thioether (sulfide) groups is 1. The van der Waals surface area contributed by atoms with E-state index in [-0.39, 0.29) is 17.1 Å². The van der Waals surface area contributed by atoms with E-state index in [1.807, 2.05) is 20.8 Å². The second-order valence-electron chi connectivity index (χ2n) is 3.90. The highest BCUT2D eigenvalue weighted by molar-refractivity contribution is 8.00. The Kier molecular flexibility index (Phi) is 4.60. The summed E-state index contributed by atoms with van der Waals surface area (Å²) in [6, 6.07) is 0. The van der Waals surface area contributed by atoms with Gasteiger partial charge in [0, 0.05) is 6.54 Å². The molecule has 0 fully saturated rings. The summed E-state index contributed by atoms with van der Waals surface area (Å²) in [5, 5.41) is 9.50.